The molecule has 1 heteroatoms. The Morgan fingerprint density at radius 3 is 2.19 bits per heavy atom. The van der Waals surface area contributed by atoms with Crippen LogP contribution in [0.25, 0.3) is 0 Å². The Hall–Kier alpha value is -1.27. The van der Waals surface area contributed by atoms with Gasteiger partial charge in [0, 0.05) is 5.92 Å². The fourth-order valence-corrected chi connectivity index (χ4v) is 2.95. The molecule has 0 saturated heterocycles. The lowest BCUT2D eigenvalue weighted by Crippen LogP contribution is -1.95. The van der Waals surface area contributed by atoms with E-state index in [1.165, 1.54) is 16.7 Å². The number of hydrogen-bond donors (Lipinski definition) is 0. The van der Waals surface area contributed by atoms with E-state index >= 15 is 0 Å². The average molecular weight is 229 g/mol. The van der Waals surface area contributed by atoms with E-state index < -0.39 is 0 Å². The highest BCUT2D eigenvalue weighted by atomic mass is 35.5. The fraction of sp³-hybridized carbons (Fsp3) is 0.200. The summed E-state index contributed by atoms with van der Waals surface area (Å²) < 4.78 is 0. The normalized spacial score (nSPS) is 23.1. The van der Waals surface area contributed by atoms with Gasteiger partial charge in [-0.05, 0) is 23.1 Å². The van der Waals surface area contributed by atoms with Crippen LogP contribution in [0.2, 0.25) is 0 Å². The molecule has 16 heavy (non-hydrogen) atoms. The van der Waals surface area contributed by atoms with Gasteiger partial charge in [0.15, 0.2) is 0 Å². The highest BCUT2D eigenvalue weighted by Gasteiger charge is 2.29. The average Bonchev–Trinajstić information content (AvgIpc) is 2.69. The first-order chi connectivity index (χ1) is 7.86. The van der Waals surface area contributed by atoms with E-state index in [0.29, 0.717) is 5.92 Å². The standard InChI is InChI=1S/C15H13Cl/c16-15-10-14(11-6-2-1-3-7-11)12-8-4-5-9-13(12)15/h1-9,14-15H,10H2/t14-,15+/m0/s1. The van der Waals surface area contributed by atoms with Crippen LogP contribution in [-0.4, -0.2) is 0 Å². The minimum absolute atomic E-state index is 0.168. The summed E-state index contributed by atoms with van der Waals surface area (Å²) in [7, 11) is 0. The molecule has 3 rings (SSSR count). The molecule has 0 aliphatic heterocycles. The van der Waals surface area contributed by atoms with Crippen molar-refractivity contribution < 1.29 is 0 Å². The minimum Gasteiger partial charge on any atom is -0.118 e. The van der Waals surface area contributed by atoms with Crippen molar-refractivity contribution in [3.63, 3.8) is 0 Å². The SMILES string of the molecule is Cl[C@@H]1C[C@@H](c2ccccc2)c2ccccc21. The third-order valence-corrected chi connectivity index (χ3v) is 3.77. The van der Waals surface area contributed by atoms with Gasteiger partial charge in [0.2, 0.25) is 0 Å². The van der Waals surface area contributed by atoms with Crippen LogP contribution in [0.4, 0.5) is 0 Å². The number of hydrogen-bond acceptors (Lipinski definition) is 0. The Morgan fingerprint density at radius 2 is 1.44 bits per heavy atom. The minimum atomic E-state index is 0.168. The summed E-state index contributed by atoms with van der Waals surface area (Å²) in [5, 5.41) is 0.168. The smallest absolute Gasteiger partial charge is 0.0597 e. The molecule has 0 heterocycles. The first-order valence-corrected chi connectivity index (χ1v) is 6.08. The van der Waals surface area contributed by atoms with Crippen LogP contribution >= 0.6 is 11.6 Å². The number of fused-ring (bicyclic) bond motifs is 1. The summed E-state index contributed by atoms with van der Waals surface area (Å²) >= 11 is 6.39. The molecule has 1 aliphatic rings. The van der Waals surface area contributed by atoms with Crippen molar-refractivity contribution in [3.8, 4) is 0 Å². The maximum absolute atomic E-state index is 6.39. The van der Waals surface area contributed by atoms with E-state index in [1.54, 1.807) is 0 Å². The molecule has 0 bridgehead atoms. The number of rotatable bonds is 1. The first-order valence-electron chi connectivity index (χ1n) is 5.64. The Morgan fingerprint density at radius 1 is 0.812 bits per heavy atom. The highest BCUT2D eigenvalue weighted by molar-refractivity contribution is 6.21. The summed E-state index contributed by atoms with van der Waals surface area (Å²) in [6, 6.07) is 19.2. The molecular weight excluding hydrogens is 216 g/mol. The maximum atomic E-state index is 6.39. The van der Waals surface area contributed by atoms with Crippen molar-refractivity contribution >= 4 is 11.6 Å². The molecule has 0 fully saturated rings. The predicted molar refractivity (Wildman–Crippen MR) is 67.9 cm³/mol. The molecule has 0 radical (unpaired) electrons. The summed E-state index contributed by atoms with van der Waals surface area (Å²) in [5.41, 5.74) is 4.07. The van der Waals surface area contributed by atoms with E-state index in [0.717, 1.165) is 6.42 Å². The molecule has 0 nitrogen and oxygen atoms in total. The third-order valence-electron chi connectivity index (χ3n) is 3.35. The largest absolute Gasteiger partial charge is 0.118 e. The van der Waals surface area contributed by atoms with Gasteiger partial charge in [-0.25, -0.2) is 0 Å². The number of benzene rings is 2. The Labute approximate surface area is 101 Å². The lowest BCUT2D eigenvalue weighted by molar-refractivity contribution is 0.771. The molecule has 80 valence electrons. The van der Waals surface area contributed by atoms with Gasteiger partial charge in [-0.15, -0.1) is 11.6 Å². The number of halogens is 1. The molecular formula is C15H13Cl. The summed E-state index contributed by atoms with van der Waals surface area (Å²) in [5.74, 6) is 0.472. The van der Waals surface area contributed by atoms with Gasteiger partial charge in [-0.2, -0.15) is 0 Å². The number of alkyl halides is 1. The van der Waals surface area contributed by atoms with Crippen molar-refractivity contribution in [3.05, 3.63) is 71.3 Å². The molecule has 0 spiro atoms. The molecule has 0 saturated carbocycles. The van der Waals surface area contributed by atoms with Gasteiger partial charge < -0.3 is 0 Å². The van der Waals surface area contributed by atoms with E-state index in [-0.39, 0.29) is 5.38 Å². The van der Waals surface area contributed by atoms with Crippen LogP contribution in [0.15, 0.2) is 54.6 Å². The van der Waals surface area contributed by atoms with Gasteiger partial charge in [0.1, 0.15) is 0 Å². The Kier molecular flexibility index (Phi) is 2.45. The second kappa shape index (κ2) is 3.95. The molecule has 0 aromatic heterocycles. The monoisotopic (exact) mass is 228 g/mol. The van der Waals surface area contributed by atoms with Crippen LogP contribution in [-0.2, 0) is 0 Å². The molecule has 1 aliphatic carbocycles. The van der Waals surface area contributed by atoms with Gasteiger partial charge in [-0.3, -0.25) is 0 Å². The van der Waals surface area contributed by atoms with Crippen LogP contribution in [0.1, 0.15) is 34.4 Å². The quantitative estimate of drug-likeness (QED) is 0.631. The topological polar surface area (TPSA) is 0 Å². The zero-order chi connectivity index (χ0) is 11.0. The molecule has 0 N–H and O–H groups in total. The van der Waals surface area contributed by atoms with Crippen LogP contribution in [0, 0.1) is 0 Å². The maximum Gasteiger partial charge on any atom is 0.0597 e. The van der Waals surface area contributed by atoms with Crippen molar-refractivity contribution in [2.24, 2.45) is 0 Å². The molecule has 2 atom stereocenters. The molecule has 0 unspecified atom stereocenters. The predicted octanol–water partition coefficient (Wildman–Crippen LogP) is 4.50. The van der Waals surface area contributed by atoms with Crippen molar-refractivity contribution in [2.75, 3.05) is 0 Å². The Bertz CT molecular complexity index is 490. The van der Waals surface area contributed by atoms with E-state index in [1.807, 2.05) is 0 Å². The van der Waals surface area contributed by atoms with E-state index in [9.17, 15) is 0 Å². The van der Waals surface area contributed by atoms with Crippen molar-refractivity contribution in [1.29, 1.82) is 0 Å². The summed E-state index contributed by atoms with van der Waals surface area (Å²) in [6.07, 6.45) is 1.02. The zero-order valence-corrected chi connectivity index (χ0v) is 9.69. The fourth-order valence-electron chi connectivity index (χ4n) is 2.58. The van der Waals surface area contributed by atoms with Crippen molar-refractivity contribution in [1.82, 2.24) is 0 Å². The molecule has 2 aromatic carbocycles. The van der Waals surface area contributed by atoms with E-state index in [2.05, 4.69) is 54.6 Å². The molecule has 2 aromatic rings. The highest BCUT2D eigenvalue weighted by Crippen LogP contribution is 2.46. The third kappa shape index (κ3) is 1.54. The second-order valence-electron chi connectivity index (χ2n) is 4.30. The lowest BCUT2D eigenvalue weighted by Gasteiger charge is -2.11. The van der Waals surface area contributed by atoms with Crippen LogP contribution in [0.3, 0.4) is 0 Å². The van der Waals surface area contributed by atoms with Crippen LogP contribution in [0.5, 0.6) is 0 Å². The molecule has 0 amide bonds. The van der Waals surface area contributed by atoms with Gasteiger partial charge in [0.05, 0.1) is 5.38 Å². The van der Waals surface area contributed by atoms with Crippen LogP contribution < -0.4 is 0 Å². The van der Waals surface area contributed by atoms with Gasteiger partial charge >= 0.3 is 0 Å². The Balaban J connectivity index is 2.07. The van der Waals surface area contributed by atoms with E-state index in [4.69, 9.17) is 11.6 Å². The van der Waals surface area contributed by atoms with Crippen molar-refractivity contribution in [2.45, 2.75) is 17.7 Å². The lowest BCUT2D eigenvalue weighted by atomic mass is 9.93. The second-order valence-corrected chi connectivity index (χ2v) is 4.82. The zero-order valence-electron chi connectivity index (χ0n) is 8.94. The van der Waals surface area contributed by atoms with Gasteiger partial charge in [-0.1, -0.05) is 54.6 Å². The first kappa shape index (κ1) is 9.92. The summed E-state index contributed by atoms with van der Waals surface area (Å²) in [6.45, 7) is 0. The van der Waals surface area contributed by atoms with Gasteiger partial charge in [0.25, 0.3) is 0 Å². The summed E-state index contributed by atoms with van der Waals surface area (Å²) in [4.78, 5) is 0.